The molecule has 126 valence electrons. The number of aromatic nitrogens is 3. The number of ether oxygens (including phenoxy) is 1. The normalized spacial score (nSPS) is 15.9. The number of nitrogens with zero attached hydrogens (tertiary/aromatic N) is 3. The highest BCUT2D eigenvalue weighted by atomic mass is 16.5. The third kappa shape index (κ3) is 2.73. The number of benzene rings is 1. The number of H-pyrrole nitrogens is 1. The van der Waals surface area contributed by atoms with E-state index in [-0.39, 0.29) is 6.04 Å². The Morgan fingerprint density at radius 2 is 2.32 bits per heavy atom. The average Bonchev–Trinajstić information content (AvgIpc) is 3.24. The van der Waals surface area contributed by atoms with E-state index in [4.69, 9.17) is 10.00 Å². The lowest BCUT2D eigenvalue weighted by Gasteiger charge is -2.11. The zero-order valence-electron chi connectivity index (χ0n) is 14.0. The number of nitrogens with one attached hydrogen (secondary N) is 2. The van der Waals surface area contributed by atoms with Gasteiger partial charge >= 0.3 is 0 Å². The van der Waals surface area contributed by atoms with E-state index in [1.807, 2.05) is 6.20 Å². The molecule has 1 aromatic carbocycles. The summed E-state index contributed by atoms with van der Waals surface area (Å²) in [4.78, 5) is 12.1. The van der Waals surface area contributed by atoms with Crippen LogP contribution in [0.4, 0.5) is 0 Å². The van der Waals surface area contributed by atoms with Gasteiger partial charge in [0.25, 0.3) is 0 Å². The summed E-state index contributed by atoms with van der Waals surface area (Å²) < 4.78 is 5.22. The highest BCUT2D eigenvalue weighted by molar-refractivity contribution is 5.93. The summed E-state index contributed by atoms with van der Waals surface area (Å²) in [6, 6.07) is 6.52. The lowest BCUT2D eigenvalue weighted by Crippen LogP contribution is -2.12. The van der Waals surface area contributed by atoms with Crippen LogP contribution in [0.5, 0.6) is 0 Å². The molecule has 0 aliphatic heterocycles. The molecule has 2 N–H and O–H groups in total. The fourth-order valence-electron chi connectivity index (χ4n) is 3.63. The van der Waals surface area contributed by atoms with Gasteiger partial charge in [-0.05, 0) is 42.0 Å². The van der Waals surface area contributed by atoms with E-state index in [0.29, 0.717) is 6.61 Å². The summed E-state index contributed by atoms with van der Waals surface area (Å²) in [6.45, 7) is 0.652. The van der Waals surface area contributed by atoms with Crippen molar-refractivity contribution in [3.05, 3.63) is 47.4 Å². The maximum absolute atomic E-state index is 8.97. The number of aryl methyl sites for hydroxylation is 1. The van der Waals surface area contributed by atoms with Crippen LogP contribution in [0.15, 0.2) is 30.7 Å². The minimum atomic E-state index is 0.0939. The van der Waals surface area contributed by atoms with E-state index in [2.05, 4.69) is 44.7 Å². The van der Waals surface area contributed by atoms with Crippen LogP contribution in [0.2, 0.25) is 0 Å². The second-order valence-electron chi connectivity index (χ2n) is 6.26. The molecule has 6 heteroatoms. The fourth-order valence-corrected chi connectivity index (χ4v) is 3.63. The number of hydrogen-bond donors (Lipinski definition) is 2. The van der Waals surface area contributed by atoms with Crippen molar-refractivity contribution in [2.45, 2.75) is 25.3 Å². The zero-order valence-corrected chi connectivity index (χ0v) is 14.0. The standard InChI is InChI=1S/C19H19N5O/c1-25-7-6-14-9-21-19-17(14)18(23-11-24-19)13-3-2-12-4-5-16(22-10-20)15(12)8-13/h2-3,8-9,11,16,22H,4-7H2,1H3,(H,21,23,24). The number of nitriles is 1. The number of methoxy groups -OCH3 is 1. The van der Waals surface area contributed by atoms with Crippen molar-refractivity contribution in [3.63, 3.8) is 0 Å². The zero-order chi connectivity index (χ0) is 17.2. The van der Waals surface area contributed by atoms with Crippen LogP contribution in [0.25, 0.3) is 22.3 Å². The first-order valence-corrected chi connectivity index (χ1v) is 8.39. The van der Waals surface area contributed by atoms with Crippen LogP contribution in [-0.2, 0) is 17.6 Å². The Bertz CT molecular complexity index is 956. The Morgan fingerprint density at radius 3 is 3.16 bits per heavy atom. The van der Waals surface area contributed by atoms with Crippen molar-refractivity contribution >= 4 is 11.0 Å². The molecule has 25 heavy (non-hydrogen) atoms. The first kappa shape index (κ1) is 15.6. The molecule has 3 aromatic rings. The molecule has 0 saturated heterocycles. The lowest BCUT2D eigenvalue weighted by molar-refractivity contribution is 0.202. The number of hydrogen-bond acceptors (Lipinski definition) is 5. The Hall–Kier alpha value is -2.91. The topological polar surface area (TPSA) is 86.6 Å². The maximum atomic E-state index is 8.97. The van der Waals surface area contributed by atoms with E-state index in [9.17, 15) is 0 Å². The minimum absolute atomic E-state index is 0.0939. The van der Waals surface area contributed by atoms with Crippen molar-refractivity contribution in [2.75, 3.05) is 13.7 Å². The molecule has 0 radical (unpaired) electrons. The van der Waals surface area contributed by atoms with Crippen LogP contribution in [0, 0.1) is 11.5 Å². The molecular formula is C19H19N5O. The molecule has 0 spiro atoms. The largest absolute Gasteiger partial charge is 0.384 e. The van der Waals surface area contributed by atoms with Gasteiger partial charge in [0.15, 0.2) is 6.19 Å². The van der Waals surface area contributed by atoms with Crippen LogP contribution in [0.1, 0.15) is 29.2 Å². The van der Waals surface area contributed by atoms with Crippen molar-refractivity contribution in [1.82, 2.24) is 20.3 Å². The van der Waals surface area contributed by atoms with Gasteiger partial charge in [-0.3, -0.25) is 0 Å². The summed E-state index contributed by atoms with van der Waals surface area (Å²) in [5.41, 5.74) is 6.46. The summed E-state index contributed by atoms with van der Waals surface area (Å²) in [5, 5.41) is 12.9. The summed E-state index contributed by atoms with van der Waals surface area (Å²) in [5.74, 6) is 0. The van der Waals surface area contributed by atoms with Crippen molar-refractivity contribution in [2.24, 2.45) is 0 Å². The molecule has 2 heterocycles. The summed E-state index contributed by atoms with van der Waals surface area (Å²) in [6.07, 6.45) is 8.40. The molecule has 1 atom stereocenters. The van der Waals surface area contributed by atoms with Gasteiger partial charge in [0.2, 0.25) is 0 Å². The van der Waals surface area contributed by atoms with Crippen molar-refractivity contribution in [3.8, 4) is 17.5 Å². The molecule has 1 unspecified atom stereocenters. The molecule has 0 bridgehead atoms. The van der Waals surface area contributed by atoms with Crippen molar-refractivity contribution in [1.29, 1.82) is 5.26 Å². The molecule has 0 fully saturated rings. The minimum Gasteiger partial charge on any atom is -0.384 e. The highest BCUT2D eigenvalue weighted by Crippen LogP contribution is 2.36. The summed E-state index contributed by atoms with van der Waals surface area (Å²) in [7, 11) is 1.70. The predicted molar refractivity (Wildman–Crippen MR) is 94.7 cm³/mol. The summed E-state index contributed by atoms with van der Waals surface area (Å²) >= 11 is 0. The van der Waals surface area contributed by atoms with Gasteiger partial charge in [0, 0.05) is 24.3 Å². The third-order valence-electron chi connectivity index (χ3n) is 4.86. The molecule has 4 rings (SSSR count). The van der Waals surface area contributed by atoms with Gasteiger partial charge < -0.3 is 15.0 Å². The van der Waals surface area contributed by atoms with Crippen molar-refractivity contribution < 1.29 is 4.74 Å². The Balaban J connectivity index is 1.81. The second kappa shape index (κ2) is 6.54. The molecule has 0 saturated carbocycles. The average molecular weight is 333 g/mol. The highest BCUT2D eigenvalue weighted by Gasteiger charge is 2.23. The molecule has 6 nitrogen and oxygen atoms in total. The van der Waals surface area contributed by atoms with Crippen LogP contribution in [-0.4, -0.2) is 28.7 Å². The quantitative estimate of drug-likeness (QED) is 0.554. The van der Waals surface area contributed by atoms with Gasteiger partial charge in [-0.25, -0.2) is 9.97 Å². The molecule has 0 amide bonds. The first-order chi connectivity index (χ1) is 12.3. The lowest BCUT2D eigenvalue weighted by atomic mass is 9.99. The Kier molecular flexibility index (Phi) is 4.08. The molecular weight excluding hydrogens is 314 g/mol. The predicted octanol–water partition coefficient (Wildman–Crippen LogP) is 2.87. The number of fused-ring (bicyclic) bond motifs is 2. The molecule has 1 aliphatic carbocycles. The monoisotopic (exact) mass is 333 g/mol. The van der Waals surface area contributed by atoms with Crippen LogP contribution in [0.3, 0.4) is 0 Å². The van der Waals surface area contributed by atoms with E-state index in [1.165, 1.54) is 11.1 Å². The van der Waals surface area contributed by atoms with Gasteiger partial charge in [0.1, 0.15) is 12.0 Å². The van der Waals surface area contributed by atoms with Crippen LogP contribution < -0.4 is 5.32 Å². The van der Waals surface area contributed by atoms with Gasteiger partial charge in [0.05, 0.1) is 18.3 Å². The second-order valence-corrected chi connectivity index (χ2v) is 6.26. The van der Waals surface area contributed by atoms with Gasteiger partial charge in [-0.15, -0.1) is 0 Å². The Labute approximate surface area is 145 Å². The van der Waals surface area contributed by atoms with E-state index >= 15 is 0 Å². The number of aromatic amines is 1. The number of rotatable bonds is 5. The SMILES string of the molecule is COCCc1c[nH]c2ncnc(-c3ccc4c(c3)C(NC#N)CC4)c12. The van der Waals surface area contributed by atoms with Gasteiger partial charge in [-0.2, -0.15) is 5.26 Å². The van der Waals surface area contributed by atoms with E-state index < -0.39 is 0 Å². The fraction of sp³-hybridized carbons (Fsp3) is 0.316. The van der Waals surface area contributed by atoms with E-state index in [0.717, 1.165) is 47.1 Å². The maximum Gasteiger partial charge on any atom is 0.177 e. The van der Waals surface area contributed by atoms with Gasteiger partial charge in [-0.1, -0.05) is 12.1 Å². The smallest absolute Gasteiger partial charge is 0.177 e. The third-order valence-corrected chi connectivity index (χ3v) is 4.86. The molecule has 1 aliphatic rings. The Morgan fingerprint density at radius 1 is 1.40 bits per heavy atom. The van der Waals surface area contributed by atoms with E-state index in [1.54, 1.807) is 13.4 Å². The van der Waals surface area contributed by atoms with Crippen LogP contribution >= 0.6 is 0 Å². The first-order valence-electron chi connectivity index (χ1n) is 8.39. The molecule has 2 aromatic heterocycles.